The fourth-order valence-corrected chi connectivity index (χ4v) is 1.69. The molecule has 6 heteroatoms. The standard InChI is InChI=1S/C8H6O4.C7H16O2/c9-7(10)5-1-2-6(4-3-5)8(11)12;1-3-5-6(4-2)7(8)9/h1-4H,(H,9,10)(H,11,12);6-9H,3-5H2,1-2H3. The number of hydrogen-bond donors (Lipinski definition) is 4. The van der Waals surface area contributed by atoms with Crippen molar-refractivity contribution in [3.63, 3.8) is 0 Å². The second-order valence-electron chi connectivity index (χ2n) is 4.56. The first-order valence-corrected chi connectivity index (χ1v) is 6.76. The van der Waals surface area contributed by atoms with Crippen LogP contribution in [0.2, 0.25) is 0 Å². The smallest absolute Gasteiger partial charge is 0.335 e. The molecular formula is C15H22O6. The van der Waals surface area contributed by atoms with E-state index in [-0.39, 0.29) is 17.0 Å². The summed E-state index contributed by atoms with van der Waals surface area (Å²) in [5.74, 6) is -2.05. The minimum Gasteiger partial charge on any atom is -0.478 e. The van der Waals surface area contributed by atoms with E-state index in [1.165, 1.54) is 24.3 Å². The first kappa shape index (κ1) is 19.1. The van der Waals surface area contributed by atoms with Gasteiger partial charge < -0.3 is 20.4 Å². The average Bonchev–Trinajstić information content (AvgIpc) is 2.45. The van der Waals surface area contributed by atoms with Gasteiger partial charge in [-0.25, -0.2) is 9.59 Å². The monoisotopic (exact) mass is 298 g/mol. The van der Waals surface area contributed by atoms with Gasteiger partial charge in [-0.3, -0.25) is 0 Å². The van der Waals surface area contributed by atoms with E-state index in [1.807, 2.05) is 13.8 Å². The van der Waals surface area contributed by atoms with Gasteiger partial charge in [-0.15, -0.1) is 0 Å². The second-order valence-corrected chi connectivity index (χ2v) is 4.56. The molecule has 118 valence electrons. The molecule has 1 unspecified atom stereocenters. The summed E-state index contributed by atoms with van der Waals surface area (Å²) in [5.41, 5.74) is 0.167. The molecule has 21 heavy (non-hydrogen) atoms. The van der Waals surface area contributed by atoms with Crippen molar-refractivity contribution in [3.8, 4) is 0 Å². The van der Waals surface area contributed by atoms with Crippen LogP contribution in [0.25, 0.3) is 0 Å². The number of benzene rings is 1. The van der Waals surface area contributed by atoms with E-state index in [1.54, 1.807) is 0 Å². The van der Waals surface area contributed by atoms with Gasteiger partial charge in [0, 0.05) is 5.92 Å². The predicted molar refractivity (Wildman–Crippen MR) is 77.3 cm³/mol. The number of aromatic carboxylic acids is 2. The Bertz CT molecular complexity index is 405. The Kier molecular flexibility index (Phi) is 9.00. The Morgan fingerprint density at radius 1 is 0.952 bits per heavy atom. The van der Waals surface area contributed by atoms with Crippen LogP contribution < -0.4 is 0 Å². The molecule has 1 aromatic rings. The molecule has 0 aromatic heterocycles. The molecule has 0 saturated carbocycles. The summed E-state index contributed by atoms with van der Waals surface area (Å²) in [6, 6.07) is 5.02. The number of aliphatic hydroxyl groups is 2. The second kappa shape index (κ2) is 9.90. The highest BCUT2D eigenvalue weighted by molar-refractivity contribution is 5.91. The quantitative estimate of drug-likeness (QED) is 0.598. The topological polar surface area (TPSA) is 115 Å². The fraction of sp³-hybridized carbons (Fsp3) is 0.467. The zero-order chi connectivity index (χ0) is 16.4. The third kappa shape index (κ3) is 7.43. The molecule has 0 fully saturated rings. The van der Waals surface area contributed by atoms with Crippen LogP contribution >= 0.6 is 0 Å². The van der Waals surface area contributed by atoms with Crippen molar-refractivity contribution in [1.29, 1.82) is 0 Å². The minimum absolute atomic E-state index is 0.0787. The molecule has 0 aliphatic carbocycles. The number of rotatable bonds is 6. The van der Waals surface area contributed by atoms with E-state index in [2.05, 4.69) is 0 Å². The number of aliphatic hydroxyl groups excluding tert-OH is 1. The third-order valence-corrected chi connectivity index (χ3v) is 2.98. The van der Waals surface area contributed by atoms with Gasteiger partial charge in [-0.2, -0.15) is 0 Å². The molecular weight excluding hydrogens is 276 g/mol. The Labute approximate surface area is 123 Å². The lowest BCUT2D eigenvalue weighted by Crippen LogP contribution is -2.18. The van der Waals surface area contributed by atoms with E-state index >= 15 is 0 Å². The van der Waals surface area contributed by atoms with Gasteiger partial charge >= 0.3 is 11.9 Å². The molecule has 0 radical (unpaired) electrons. The summed E-state index contributed by atoms with van der Waals surface area (Å²) in [6.45, 7) is 4.02. The van der Waals surface area contributed by atoms with E-state index < -0.39 is 18.2 Å². The van der Waals surface area contributed by atoms with Crippen molar-refractivity contribution in [2.45, 2.75) is 39.4 Å². The highest BCUT2D eigenvalue weighted by Gasteiger charge is 2.11. The van der Waals surface area contributed by atoms with Crippen LogP contribution in [0.3, 0.4) is 0 Å². The van der Waals surface area contributed by atoms with Crippen molar-refractivity contribution < 1.29 is 30.0 Å². The Morgan fingerprint density at radius 3 is 1.48 bits per heavy atom. The van der Waals surface area contributed by atoms with Crippen molar-refractivity contribution >= 4 is 11.9 Å². The van der Waals surface area contributed by atoms with Crippen LogP contribution in [-0.2, 0) is 0 Å². The van der Waals surface area contributed by atoms with Crippen molar-refractivity contribution in [1.82, 2.24) is 0 Å². The Balaban J connectivity index is 0.000000400. The summed E-state index contributed by atoms with van der Waals surface area (Å²) in [4.78, 5) is 20.7. The first-order valence-electron chi connectivity index (χ1n) is 6.76. The SMILES string of the molecule is CCCC(CC)C(O)O.O=C(O)c1ccc(C(=O)O)cc1. The van der Waals surface area contributed by atoms with Gasteiger partial charge in [0.05, 0.1) is 11.1 Å². The largest absolute Gasteiger partial charge is 0.478 e. The molecule has 1 atom stereocenters. The van der Waals surface area contributed by atoms with Crippen LogP contribution in [0.5, 0.6) is 0 Å². The third-order valence-electron chi connectivity index (χ3n) is 2.98. The lowest BCUT2D eigenvalue weighted by Gasteiger charge is -2.14. The van der Waals surface area contributed by atoms with Gasteiger partial charge in [0.2, 0.25) is 0 Å². The summed E-state index contributed by atoms with van der Waals surface area (Å²) < 4.78 is 0. The summed E-state index contributed by atoms with van der Waals surface area (Å²) >= 11 is 0. The molecule has 0 aliphatic rings. The van der Waals surface area contributed by atoms with Gasteiger partial charge in [0.15, 0.2) is 6.29 Å². The lowest BCUT2D eigenvalue weighted by atomic mass is 10.0. The number of carboxylic acid groups (broad SMARTS) is 2. The Morgan fingerprint density at radius 2 is 1.33 bits per heavy atom. The number of carbonyl (C=O) groups is 2. The summed E-state index contributed by atoms with van der Waals surface area (Å²) in [7, 11) is 0. The predicted octanol–water partition coefficient (Wildman–Crippen LogP) is 2.21. The van der Waals surface area contributed by atoms with Gasteiger partial charge in [-0.1, -0.05) is 20.3 Å². The molecule has 0 spiro atoms. The molecule has 6 nitrogen and oxygen atoms in total. The maximum absolute atomic E-state index is 10.3. The number of carboxylic acids is 2. The van der Waals surface area contributed by atoms with Gasteiger partial charge in [-0.05, 0) is 37.1 Å². The zero-order valence-electron chi connectivity index (χ0n) is 12.2. The maximum atomic E-state index is 10.3. The molecule has 4 N–H and O–H groups in total. The molecule has 0 saturated heterocycles. The lowest BCUT2D eigenvalue weighted by molar-refractivity contribution is -0.0868. The van der Waals surface area contributed by atoms with E-state index in [0.717, 1.165) is 19.3 Å². The van der Waals surface area contributed by atoms with Crippen LogP contribution in [0.1, 0.15) is 53.8 Å². The molecule has 0 bridgehead atoms. The Hall–Kier alpha value is -1.92. The summed E-state index contributed by atoms with van der Waals surface area (Å²) in [6.07, 6.45) is 1.67. The highest BCUT2D eigenvalue weighted by Crippen LogP contribution is 2.13. The molecule has 0 heterocycles. The van der Waals surface area contributed by atoms with E-state index in [0.29, 0.717) is 0 Å². The van der Waals surface area contributed by atoms with Crippen molar-refractivity contribution in [2.75, 3.05) is 0 Å². The molecule has 0 amide bonds. The normalized spacial score (nSPS) is 11.5. The average molecular weight is 298 g/mol. The minimum atomic E-state index is -1.12. The molecule has 0 aliphatic heterocycles. The number of hydrogen-bond acceptors (Lipinski definition) is 4. The van der Waals surface area contributed by atoms with Gasteiger partial charge in [0.25, 0.3) is 0 Å². The fourth-order valence-electron chi connectivity index (χ4n) is 1.69. The maximum Gasteiger partial charge on any atom is 0.335 e. The van der Waals surface area contributed by atoms with Crippen LogP contribution in [0.15, 0.2) is 24.3 Å². The molecule has 1 aromatic carbocycles. The van der Waals surface area contributed by atoms with E-state index in [4.69, 9.17) is 20.4 Å². The van der Waals surface area contributed by atoms with Crippen LogP contribution in [0, 0.1) is 5.92 Å². The van der Waals surface area contributed by atoms with Crippen LogP contribution in [-0.4, -0.2) is 38.7 Å². The van der Waals surface area contributed by atoms with Crippen LogP contribution in [0.4, 0.5) is 0 Å². The van der Waals surface area contributed by atoms with E-state index in [9.17, 15) is 9.59 Å². The zero-order valence-corrected chi connectivity index (χ0v) is 12.2. The van der Waals surface area contributed by atoms with Crippen molar-refractivity contribution in [2.24, 2.45) is 5.92 Å². The van der Waals surface area contributed by atoms with Gasteiger partial charge in [0.1, 0.15) is 0 Å². The van der Waals surface area contributed by atoms with Crippen molar-refractivity contribution in [3.05, 3.63) is 35.4 Å². The first-order chi connectivity index (χ1) is 9.83. The summed E-state index contributed by atoms with van der Waals surface area (Å²) in [5, 5.41) is 34.3. The molecule has 1 rings (SSSR count). The highest BCUT2D eigenvalue weighted by atomic mass is 16.5.